The molecule has 0 N–H and O–H groups in total. The molecule has 2 saturated heterocycles. The average molecular weight is 366 g/mol. The first kappa shape index (κ1) is 17.9. The van der Waals surface area contributed by atoms with Crippen LogP contribution >= 0.6 is 0 Å². The van der Waals surface area contributed by atoms with Crippen molar-refractivity contribution >= 4 is 21.9 Å². The first-order valence-electron chi connectivity index (χ1n) is 8.53. The maximum Gasteiger partial charge on any atom is 0.338 e. The van der Waals surface area contributed by atoms with E-state index in [9.17, 15) is 18.0 Å². The number of likely N-dealkylation sites (tertiary alicyclic amines) is 1. The molecule has 0 aliphatic carbocycles. The van der Waals surface area contributed by atoms with Crippen LogP contribution in [0.15, 0.2) is 29.2 Å². The van der Waals surface area contributed by atoms with E-state index in [0.717, 1.165) is 25.7 Å². The molecular formula is C17H22N2O5S. The van der Waals surface area contributed by atoms with Crippen LogP contribution in [0.4, 0.5) is 0 Å². The number of hydrogen-bond donors (Lipinski definition) is 0. The zero-order chi connectivity index (χ0) is 17.9. The van der Waals surface area contributed by atoms with Crippen molar-refractivity contribution in [2.75, 3.05) is 32.8 Å². The number of sulfonamides is 1. The topological polar surface area (TPSA) is 84.0 Å². The second kappa shape index (κ2) is 7.53. The third-order valence-corrected chi connectivity index (χ3v) is 6.49. The van der Waals surface area contributed by atoms with Gasteiger partial charge in [-0.2, -0.15) is 4.31 Å². The minimum atomic E-state index is -3.50. The number of carbonyl (C=O) groups is 2. The normalized spacial score (nSPS) is 18.5. The van der Waals surface area contributed by atoms with E-state index in [1.807, 2.05) is 0 Å². The van der Waals surface area contributed by atoms with Crippen molar-refractivity contribution in [2.45, 2.75) is 30.6 Å². The highest BCUT2D eigenvalue weighted by Gasteiger charge is 2.27. The fourth-order valence-electron chi connectivity index (χ4n) is 3.11. The van der Waals surface area contributed by atoms with Gasteiger partial charge in [0.1, 0.15) is 0 Å². The number of carbonyl (C=O) groups excluding carboxylic acids is 2. The molecule has 25 heavy (non-hydrogen) atoms. The van der Waals surface area contributed by atoms with Crippen molar-refractivity contribution < 1.29 is 22.7 Å². The number of esters is 1. The molecule has 3 rings (SSSR count). The minimum absolute atomic E-state index is 0.166. The third kappa shape index (κ3) is 4.01. The van der Waals surface area contributed by atoms with Crippen LogP contribution in [0, 0.1) is 0 Å². The predicted molar refractivity (Wildman–Crippen MR) is 90.5 cm³/mol. The molecule has 0 unspecified atom stereocenters. The van der Waals surface area contributed by atoms with Crippen LogP contribution in [0.5, 0.6) is 0 Å². The molecule has 2 fully saturated rings. The molecule has 2 aliphatic rings. The molecule has 7 nitrogen and oxygen atoms in total. The summed E-state index contributed by atoms with van der Waals surface area (Å²) in [5, 5.41) is 0. The lowest BCUT2D eigenvalue weighted by Crippen LogP contribution is -2.32. The fraction of sp³-hybridized carbons (Fsp3) is 0.529. The second-order valence-corrected chi connectivity index (χ2v) is 8.24. The van der Waals surface area contributed by atoms with E-state index in [4.69, 9.17) is 4.74 Å². The van der Waals surface area contributed by atoms with Crippen LogP contribution in [0.3, 0.4) is 0 Å². The molecule has 0 radical (unpaired) electrons. The van der Waals surface area contributed by atoms with Gasteiger partial charge in [-0.1, -0.05) is 0 Å². The van der Waals surface area contributed by atoms with Crippen molar-refractivity contribution in [3.8, 4) is 0 Å². The molecule has 0 spiro atoms. The Bertz CT molecular complexity index is 733. The third-order valence-electron chi connectivity index (χ3n) is 4.58. The molecular weight excluding hydrogens is 344 g/mol. The lowest BCUT2D eigenvalue weighted by molar-refractivity contribution is -0.133. The molecule has 8 heteroatoms. The highest BCUT2D eigenvalue weighted by molar-refractivity contribution is 7.89. The highest BCUT2D eigenvalue weighted by atomic mass is 32.2. The lowest BCUT2D eigenvalue weighted by atomic mass is 10.2. The van der Waals surface area contributed by atoms with Crippen LogP contribution < -0.4 is 0 Å². The zero-order valence-corrected chi connectivity index (χ0v) is 14.8. The minimum Gasteiger partial charge on any atom is -0.452 e. The van der Waals surface area contributed by atoms with E-state index in [1.165, 1.54) is 28.6 Å². The van der Waals surface area contributed by atoms with E-state index in [0.29, 0.717) is 26.2 Å². The van der Waals surface area contributed by atoms with Gasteiger partial charge in [-0.05, 0) is 49.9 Å². The van der Waals surface area contributed by atoms with Gasteiger partial charge in [-0.15, -0.1) is 0 Å². The Morgan fingerprint density at radius 2 is 1.48 bits per heavy atom. The van der Waals surface area contributed by atoms with Crippen molar-refractivity contribution in [1.82, 2.24) is 9.21 Å². The Morgan fingerprint density at radius 3 is 2.08 bits per heavy atom. The Morgan fingerprint density at radius 1 is 0.920 bits per heavy atom. The summed E-state index contributed by atoms with van der Waals surface area (Å²) in [6.45, 7) is 2.20. The molecule has 136 valence electrons. The van der Waals surface area contributed by atoms with Gasteiger partial charge in [0.25, 0.3) is 5.91 Å². The van der Waals surface area contributed by atoms with E-state index in [-0.39, 0.29) is 23.0 Å². The molecule has 0 atom stereocenters. The number of amides is 1. The van der Waals surface area contributed by atoms with E-state index < -0.39 is 16.0 Å². The van der Waals surface area contributed by atoms with Crippen LogP contribution in [0.25, 0.3) is 0 Å². The molecule has 0 saturated carbocycles. The van der Waals surface area contributed by atoms with Gasteiger partial charge in [0, 0.05) is 26.2 Å². The Labute approximate surface area is 147 Å². The molecule has 2 aliphatic heterocycles. The average Bonchev–Trinajstić information content (AvgIpc) is 3.33. The fourth-order valence-corrected chi connectivity index (χ4v) is 4.63. The van der Waals surface area contributed by atoms with Gasteiger partial charge in [0.2, 0.25) is 10.0 Å². The summed E-state index contributed by atoms with van der Waals surface area (Å²) in [6.07, 6.45) is 3.70. The van der Waals surface area contributed by atoms with Gasteiger partial charge < -0.3 is 9.64 Å². The smallest absolute Gasteiger partial charge is 0.338 e. The highest BCUT2D eigenvalue weighted by Crippen LogP contribution is 2.21. The molecule has 0 aromatic heterocycles. The number of ether oxygens (including phenoxy) is 1. The number of hydrogen-bond acceptors (Lipinski definition) is 5. The van der Waals surface area contributed by atoms with Crippen molar-refractivity contribution in [2.24, 2.45) is 0 Å². The van der Waals surface area contributed by atoms with Crippen LogP contribution in [-0.4, -0.2) is 62.3 Å². The van der Waals surface area contributed by atoms with E-state index >= 15 is 0 Å². The standard InChI is InChI=1S/C17H22N2O5S/c20-16(18-9-1-2-10-18)13-24-17(21)14-5-7-15(8-6-14)25(22,23)19-11-3-4-12-19/h5-8H,1-4,9-13H2. The Balaban J connectivity index is 1.59. The van der Waals surface area contributed by atoms with Gasteiger partial charge in [0.05, 0.1) is 10.5 Å². The van der Waals surface area contributed by atoms with Crippen LogP contribution in [-0.2, 0) is 19.6 Å². The van der Waals surface area contributed by atoms with E-state index in [1.54, 1.807) is 4.90 Å². The van der Waals surface area contributed by atoms with Crippen molar-refractivity contribution in [3.05, 3.63) is 29.8 Å². The SMILES string of the molecule is O=C(OCC(=O)N1CCCC1)c1ccc(S(=O)(=O)N2CCCC2)cc1. The number of rotatable bonds is 5. The van der Waals surface area contributed by atoms with Gasteiger partial charge in [-0.3, -0.25) is 4.79 Å². The van der Waals surface area contributed by atoms with Gasteiger partial charge >= 0.3 is 5.97 Å². The zero-order valence-electron chi connectivity index (χ0n) is 14.0. The first-order valence-corrected chi connectivity index (χ1v) is 9.97. The molecule has 1 aromatic rings. The monoisotopic (exact) mass is 366 g/mol. The van der Waals surface area contributed by atoms with Gasteiger partial charge in [0.15, 0.2) is 6.61 Å². The number of benzene rings is 1. The van der Waals surface area contributed by atoms with E-state index in [2.05, 4.69) is 0 Å². The Hall–Kier alpha value is -1.93. The summed E-state index contributed by atoms with van der Waals surface area (Å²) in [7, 11) is -3.50. The maximum atomic E-state index is 12.4. The van der Waals surface area contributed by atoms with Crippen molar-refractivity contribution in [1.29, 1.82) is 0 Å². The quantitative estimate of drug-likeness (QED) is 0.733. The molecule has 1 amide bonds. The summed E-state index contributed by atoms with van der Waals surface area (Å²) in [4.78, 5) is 25.8. The number of nitrogens with zero attached hydrogens (tertiary/aromatic N) is 2. The summed E-state index contributed by atoms with van der Waals surface area (Å²) >= 11 is 0. The molecule has 1 aromatic carbocycles. The summed E-state index contributed by atoms with van der Waals surface area (Å²) in [5.74, 6) is -0.822. The van der Waals surface area contributed by atoms with Crippen molar-refractivity contribution in [3.63, 3.8) is 0 Å². The van der Waals surface area contributed by atoms with Crippen LogP contribution in [0.1, 0.15) is 36.0 Å². The largest absolute Gasteiger partial charge is 0.452 e. The molecule has 0 bridgehead atoms. The first-order chi connectivity index (χ1) is 12.0. The summed E-state index contributed by atoms with van der Waals surface area (Å²) < 4.78 is 31.4. The summed E-state index contributed by atoms with van der Waals surface area (Å²) in [6, 6.07) is 5.66. The Kier molecular flexibility index (Phi) is 5.39. The maximum absolute atomic E-state index is 12.4. The second-order valence-electron chi connectivity index (χ2n) is 6.30. The predicted octanol–water partition coefficient (Wildman–Crippen LogP) is 1.25. The molecule has 2 heterocycles. The van der Waals surface area contributed by atoms with Gasteiger partial charge in [-0.25, -0.2) is 13.2 Å². The lowest BCUT2D eigenvalue weighted by Gasteiger charge is -2.16. The summed E-state index contributed by atoms with van der Waals surface area (Å²) in [5.41, 5.74) is 0.231. The van der Waals surface area contributed by atoms with Crippen LogP contribution in [0.2, 0.25) is 0 Å².